The number of hydrogen-bond acceptors (Lipinski definition) is 1. The number of hydrogen-bond donors (Lipinski definition) is 1. The summed E-state index contributed by atoms with van der Waals surface area (Å²) in [6.07, 6.45) is 6.40. The van der Waals surface area contributed by atoms with Gasteiger partial charge in [0.1, 0.15) is 0 Å². The standard InChI is InChI=1S/C14H18O/c1-14(15)10-6-5-9-13(14)11-12-7-3-2-4-8-12/h2-4,7-8,11,15H,5-6,9-10H2,1H3/b13-11-. The highest BCUT2D eigenvalue weighted by Gasteiger charge is 2.28. The van der Waals surface area contributed by atoms with E-state index in [4.69, 9.17) is 0 Å². The molecule has 2 rings (SSSR count). The van der Waals surface area contributed by atoms with Crippen LogP contribution < -0.4 is 0 Å². The average molecular weight is 202 g/mol. The molecule has 1 aliphatic rings. The first kappa shape index (κ1) is 10.4. The SMILES string of the molecule is CC1(O)CCCC/C1=C/c1ccccc1. The van der Waals surface area contributed by atoms with Crippen molar-refractivity contribution in [1.29, 1.82) is 0 Å². The van der Waals surface area contributed by atoms with Crippen LogP contribution >= 0.6 is 0 Å². The van der Waals surface area contributed by atoms with E-state index < -0.39 is 5.60 Å². The molecule has 80 valence electrons. The fourth-order valence-electron chi connectivity index (χ4n) is 2.19. The number of rotatable bonds is 1. The predicted molar refractivity (Wildman–Crippen MR) is 63.5 cm³/mol. The molecule has 1 aliphatic carbocycles. The monoisotopic (exact) mass is 202 g/mol. The van der Waals surface area contributed by atoms with Crippen LogP contribution in [0.25, 0.3) is 6.08 Å². The molecule has 15 heavy (non-hydrogen) atoms. The van der Waals surface area contributed by atoms with Gasteiger partial charge in [-0.3, -0.25) is 0 Å². The Morgan fingerprint density at radius 3 is 2.60 bits per heavy atom. The van der Waals surface area contributed by atoms with Crippen LogP contribution in [0.2, 0.25) is 0 Å². The first-order valence-corrected chi connectivity index (χ1v) is 5.67. The molecule has 1 atom stereocenters. The summed E-state index contributed by atoms with van der Waals surface area (Å²) in [7, 11) is 0. The van der Waals surface area contributed by atoms with Gasteiger partial charge in [-0.2, -0.15) is 0 Å². The molecular formula is C14H18O. The molecule has 0 heterocycles. The van der Waals surface area contributed by atoms with Gasteiger partial charge in [0.25, 0.3) is 0 Å². The minimum atomic E-state index is -0.589. The summed E-state index contributed by atoms with van der Waals surface area (Å²) >= 11 is 0. The first-order valence-electron chi connectivity index (χ1n) is 5.67. The maximum Gasteiger partial charge on any atom is 0.0832 e. The molecule has 1 N–H and O–H groups in total. The summed E-state index contributed by atoms with van der Waals surface area (Å²) in [4.78, 5) is 0. The van der Waals surface area contributed by atoms with E-state index in [2.05, 4.69) is 18.2 Å². The van der Waals surface area contributed by atoms with E-state index in [1.165, 1.54) is 17.6 Å². The fourth-order valence-corrected chi connectivity index (χ4v) is 2.19. The third-order valence-electron chi connectivity index (χ3n) is 3.19. The van der Waals surface area contributed by atoms with E-state index in [1.54, 1.807) is 0 Å². The highest BCUT2D eigenvalue weighted by atomic mass is 16.3. The van der Waals surface area contributed by atoms with Crippen molar-refractivity contribution >= 4 is 6.08 Å². The third kappa shape index (κ3) is 2.48. The summed E-state index contributed by atoms with van der Waals surface area (Å²) in [5.41, 5.74) is 1.78. The predicted octanol–water partition coefficient (Wildman–Crippen LogP) is 3.40. The van der Waals surface area contributed by atoms with Gasteiger partial charge < -0.3 is 5.11 Å². The molecule has 0 aromatic heterocycles. The zero-order chi connectivity index (χ0) is 10.7. The van der Waals surface area contributed by atoms with Gasteiger partial charge in [0.05, 0.1) is 5.60 Å². The molecule has 1 nitrogen and oxygen atoms in total. The Hall–Kier alpha value is -1.08. The molecule has 0 bridgehead atoms. The Balaban J connectivity index is 2.25. The lowest BCUT2D eigenvalue weighted by molar-refractivity contribution is 0.0721. The van der Waals surface area contributed by atoms with Crippen LogP contribution in [0.4, 0.5) is 0 Å². The van der Waals surface area contributed by atoms with Gasteiger partial charge in [-0.15, -0.1) is 0 Å². The number of benzene rings is 1. The van der Waals surface area contributed by atoms with Gasteiger partial charge in [-0.05, 0) is 43.7 Å². The van der Waals surface area contributed by atoms with Crippen molar-refractivity contribution in [1.82, 2.24) is 0 Å². The Morgan fingerprint density at radius 2 is 1.93 bits per heavy atom. The van der Waals surface area contributed by atoms with Crippen LogP contribution in [0.3, 0.4) is 0 Å². The molecule has 1 fully saturated rings. The lowest BCUT2D eigenvalue weighted by atomic mass is 9.81. The van der Waals surface area contributed by atoms with E-state index in [1.807, 2.05) is 25.1 Å². The van der Waals surface area contributed by atoms with E-state index in [9.17, 15) is 5.11 Å². The number of aliphatic hydroxyl groups is 1. The van der Waals surface area contributed by atoms with Crippen LogP contribution in [0.1, 0.15) is 38.2 Å². The van der Waals surface area contributed by atoms with Crippen molar-refractivity contribution < 1.29 is 5.11 Å². The summed E-state index contributed by atoms with van der Waals surface area (Å²) in [5, 5.41) is 10.2. The Labute approximate surface area is 91.4 Å². The summed E-state index contributed by atoms with van der Waals surface area (Å²) in [6.45, 7) is 1.93. The molecule has 1 unspecified atom stereocenters. The first-order chi connectivity index (χ1) is 7.18. The van der Waals surface area contributed by atoms with Gasteiger partial charge in [0.2, 0.25) is 0 Å². The van der Waals surface area contributed by atoms with E-state index >= 15 is 0 Å². The van der Waals surface area contributed by atoms with Crippen molar-refractivity contribution in [3.63, 3.8) is 0 Å². The minimum Gasteiger partial charge on any atom is -0.386 e. The topological polar surface area (TPSA) is 20.2 Å². The molecular weight excluding hydrogens is 184 g/mol. The van der Waals surface area contributed by atoms with Gasteiger partial charge >= 0.3 is 0 Å². The Morgan fingerprint density at radius 1 is 1.20 bits per heavy atom. The van der Waals surface area contributed by atoms with Crippen molar-refractivity contribution in [2.75, 3.05) is 0 Å². The Kier molecular flexibility index (Phi) is 2.92. The van der Waals surface area contributed by atoms with Crippen LogP contribution in [-0.2, 0) is 0 Å². The van der Waals surface area contributed by atoms with Crippen LogP contribution in [0, 0.1) is 0 Å². The summed E-state index contributed by atoms with van der Waals surface area (Å²) in [6, 6.07) is 10.2. The lowest BCUT2D eigenvalue weighted by Crippen LogP contribution is -2.29. The molecule has 1 aromatic rings. The van der Waals surface area contributed by atoms with Gasteiger partial charge in [-0.1, -0.05) is 36.4 Å². The average Bonchev–Trinajstić information content (AvgIpc) is 2.23. The van der Waals surface area contributed by atoms with Crippen molar-refractivity contribution in [2.45, 2.75) is 38.2 Å². The molecule has 1 heteroatoms. The molecule has 0 aliphatic heterocycles. The third-order valence-corrected chi connectivity index (χ3v) is 3.19. The van der Waals surface area contributed by atoms with Crippen LogP contribution in [0.5, 0.6) is 0 Å². The van der Waals surface area contributed by atoms with Crippen LogP contribution in [0.15, 0.2) is 35.9 Å². The zero-order valence-electron chi connectivity index (χ0n) is 9.24. The summed E-state index contributed by atoms with van der Waals surface area (Å²) in [5.74, 6) is 0. The second-order valence-corrected chi connectivity index (χ2v) is 4.56. The lowest BCUT2D eigenvalue weighted by Gasteiger charge is -2.31. The molecule has 1 saturated carbocycles. The van der Waals surface area contributed by atoms with E-state index in [-0.39, 0.29) is 0 Å². The quantitative estimate of drug-likeness (QED) is 0.740. The van der Waals surface area contributed by atoms with Gasteiger partial charge in [0, 0.05) is 0 Å². The maximum absolute atomic E-state index is 10.2. The van der Waals surface area contributed by atoms with E-state index in [0.717, 1.165) is 19.3 Å². The van der Waals surface area contributed by atoms with Crippen molar-refractivity contribution in [2.24, 2.45) is 0 Å². The zero-order valence-corrected chi connectivity index (χ0v) is 9.24. The summed E-state index contributed by atoms with van der Waals surface area (Å²) < 4.78 is 0. The van der Waals surface area contributed by atoms with Gasteiger partial charge in [-0.25, -0.2) is 0 Å². The molecule has 0 radical (unpaired) electrons. The van der Waals surface area contributed by atoms with Crippen molar-refractivity contribution in [3.05, 3.63) is 41.5 Å². The molecule has 1 aromatic carbocycles. The molecule has 0 amide bonds. The Bertz CT molecular complexity index is 349. The molecule has 0 spiro atoms. The molecule has 0 saturated heterocycles. The largest absolute Gasteiger partial charge is 0.386 e. The second kappa shape index (κ2) is 4.19. The smallest absolute Gasteiger partial charge is 0.0832 e. The maximum atomic E-state index is 10.2. The van der Waals surface area contributed by atoms with E-state index in [0.29, 0.717) is 0 Å². The van der Waals surface area contributed by atoms with Crippen LogP contribution in [-0.4, -0.2) is 10.7 Å². The normalized spacial score (nSPS) is 29.3. The highest BCUT2D eigenvalue weighted by molar-refractivity contribution is 5.55. The fraction of sp³-hybridized carbons (Fsp3) is 0.429. The highest BCUT2D eigenvalue weighted by Crippen LogP contribution is 2.33. The van der Waals surface area contributed by atoms with Gasteiger partial charge in [0.15, 0.2) is 0 Å². The minimum absolute atomic E-state index is 0.589. The van der Waals surface area contributed by atoms with Crippen molar-refractivity contribution in [3.8, 4) is 0 Å². The second-order valence-electron chi connectivity index (χ2n) is 4.56.